The first-order chi connectivity index (χ1) is 15.4. The van der Waals surface area contributed by atoms with Crippen LogP contribution in [0.5, 0.6) is 0 Å². The van der Waals surface area contributed by atoms with Crippen LogP contribution in [0, 0.1) is 17.1 Å². The molecule has 158 valence electrons. The molecule has 0 spiro atoms. The Morgan fingerprint density at radius 1 is 1.12 bits per heavy atom. The SMILES string of the molecule is CC(Nc1c(C#N)c(-c2ccc(-c3ccccc3N)cc2)nc2ccc(F)cc12)C(=O)O. The number of nitrogen functional groups attached to an aromatic ring is 1. The quantitative estimate of drug-likeness (QED) is 0.385. The van der Waals surface area contributed by atoms with Crippen LogP contribution in [0.25, 0.3) is 33.3 Å². The number of rotatable bonds is 5. The van der Waals surface area contributed by atoms with Crippen molar-refractivity contribution in [2.24, 2.45) is 0 Å². The van der Waals surface area contributed by atoms with Gasteiger partial charge in [-0.3, -0.25) is 4.79 Å². The molecule has 0 amide bonds. The molecular formula is C25H19FN4O2. The van der Waals surface area contributed by atoms with Crippen LogP contribution < -0.4 is 11.1 Å². The van der Waals surface area contributed by atoms with Gasteiger partial charge in [0.25, 0.3) is 0 Å². The lowest BCUT2D eigenvalue weighted by Gasteiger charge is -2.17. The van der Waals surface area contributed by atoms with Crippen molar-refractivity contribution in [2.45, 2.75) is 13.0 Å². The zero-order valence-electron chi connectivity index (χ0n) is 17.1. The van der Waals surface area contributed by atoms with Crippen molar-refractivity contribution >= 4 is 28.2 Å². The fraction of sp³-hybridized carbons (Fsp3) is 0.0800. The smallest absolute Gasteiger partial charge is 0.325 e. The molecule has 32 heavy (non-hydrogen) atoms. The minimum absolute atomic E-state index is 0.142. The molecule has 1 unspecified atom stereocenters. The molecule has 7 heteroatoms. The average Bonchev–Trinajstić information content (AvgIpc) is 2.79. The lowest BCUT2D eigenvalue weighted by atomic mass is 9.98. The van der Waals surface area contributed by atoms with E-state index in [2.05, 4.69) is 16.4 Å². The molecule has 6 nitrogen and oxygen atoms in total. The van der Waals surface area contributed by atoms with E-state index in [-0.39, 0.29) is 11.3 Å². The van der Waals surface area contributed by atoms with Crippen LogP contribution in [-0.4, -0.2) is 22.1 Å². The summed E-state index contributed by atoms with van der Waals surface area (Å²) >= 11 is 0. The highest BCUT2D eigenvalue weighted by molar-refractivity contribution is 5.99. The predicted octanol–water partition coefficient (Wildman–Crippen LogP) is 5.05. The van der Waals surface area contributed by atoms with Gasteiger partial charge in [0.05, 0.1) is 16.9 Å². The van der Waals surface area contributed by atoms with E-state index in [1.165, 1.54) is 25.1 Å². The van der Waals surface area contributed by atoms with E-state index in [1.54, 1.807) is 0 Å². The second-order valence-electron chi connectivity index (χ2n) is 7.35. The van der Waals surface area contributed by atoms with Gasteiger partial charge in [-0.15, -0.1) is 0 Å². The predicted molar refractivity (Wildman–Crippen MR) is 122 cm³/mol. The third-order valence-corrected chi connectivity index (χ3v) is 5.22. The summed E-state index contributed by atoms with van der Waals surface area (Å²) < 4.78 is 13.9. The van der Waals surface area contributed by atoms with Crippen molar-refractivity contribution in [1.29, 1.82) is 5.26 Å². The summed E-state index contributed by atoms with van der Waals surface area (Å²) in [5, 5.41) is 22.4. The maximum Gasteiger partial charge on any atom is 0.325 e. The van der Waals surface area contributed by atoms with Gasteiger partial charge in [-0.1, -0.05) is 42.5 Å². The van der Waals surface area contributed by atoms with Gasteiger partial charge in [0.2, 0.25) is 0 Å². The summed E-state index contributed by atoms with van der Waals surface area (Å²) in [6.45, 7) is 1.45. The van der Waals surface area contributed by atoms with Gasteiger partial charge in [-0.25, -0.2) is 9.37 Å². The maximum atomic E-state index is 13.9. The number of aliphatic carboxylic acids is 1. The number of fused-ring (bicyclic) bond motifs is 1. The number of aromatic nitrogens is 1. The van der Waals surface area contributed by atoms with Crippen molar-refractivity contribution < 1.29 is 14.3 Å². The van der Waals surface area contributed by atoms with Crippen LogP contribution in [0.4, 0.5) is 15.8 Å². The van der Waals surface area contributed by atoms with E-state index in [9.17, 15) is 19.6 Å². The lowest BCUT2D eigenvalue weighted by molar-refractivity contribution is -0.137. The fourth-order valence-corrected chi connectivity index (χ4v) is 3.55. The summed E-state index contributed by atoms with van der Waals surface area (Å²) in [7, 11) is 0. The van der Waals surface area contributed by atoms with Gasteiger partial charge in [0.1, 0.15) is 23.5 Å². The van der Waals surface area contributed by atoms with Crippen molar-refractivity contribution in [2.75, 3.05) is 11.1 Å². The van der Waals surface area contributed by atoms with Crippen LogP contribution in [-0.2, 0) is 4.79 Å². The highest BCUT2D eigenvalue weighted by Crippen LogP contribution is 2.35. The Hall–Kier alpha value is -4.44. The number of carbonyl (C=O) groups is 1. The Morgan fingerprint density at radius 3 is 2.47 bits per heavy atom. The summed E-state index contributed by atoms with van der Waals surface area (Å²) in [5.74, 6) is -1.60. The second kappa shape index (κ2) is 8.36. The van der Waals surface area contributed by atoms with Gasteiger partial charge in [0, 0.05) is 22.2 Å². The van der Waals surface area contributed by atoms with Crippen LogP contribution >= 0.6 is 0 Å². The molecule has 0 saturated carbocycles. The molecule has 1 atom stereocenters. The number of nitrogens with one attached hydrogen (secondary N) is 1. The lowest BCUT2D eigenvalue weighted by Crippen LogP contribution is -2.26. The van der Waals surface area contributed by atoms with E-state index in [0.29, 0.717) is 27.8 Å². The van der Waals surface area contributed by atoms with Crippen LogP contribution in [0.3, 0.4) is 0 Å². The molecule has 4 aromatic rings. The molecule has 0 saturated heterocycles. The van der Waals surface area contributed by atoms with Gasteiger partial charge in [-0.05, 0) is 36.8 Å². The summed E-state index contributed by atoms with van der Waals surface area (Å²) in [6, 6.07) is 20.1. The fourth-order valence-electron chi connectivity index (χ4n) is 3.55. The number of nitriles is 1. The van der Waals surface area contributed by atoms with Crippen molar-refractivity contribution in [3.63, 3.8) is 0 Å². The number of carboxylic acid groups (broad SMARTS) is 1. The van der Waals surface area contributed by atoms with Crippen LogP contribution in [0.2, 0.25) is 0 Å². The largest absolute Gasteiger partial charge is 0.480 e. The summed E-state index contributed by atoms with van der Waals surface area (Å²) in [6.07, 6.45) is 0. The monoisotopic (exact) mass is 426 g/mol. The molecule has 4 rings (SSSR count). The third kappa shape index (κ3) is 3.82. The molecule has 1 heterocycles. The number of benzene rings is 3. The molecule has 0 aliphatic heterocycles. The van der Waals surface area contributed by atoms with Crippen molar-refractivity contribution in [3.8, 4) is 28.5 Å². The molecule has 3 aromatic carbocycles. The average molecular weight is 426 g/mol. The molecule has 0 bridgehead atoms. The van der Waals surface area contributed by atoms with Gasteiger partial charge in [0.15, 0.2) is 0 Å². The third-order valence-electron chi connectivity index (χ3n) is 5.22. The van der Waals surface area contributed by atoms with Crippen LogP contribution in [0.1, 0.15) is 12.5 Å². The topological polar surface area (TPSA) is 112 Å². The minimum Gasteiger partial charge on any atom is -0.480 e. The van der Waals surface area contributed by atoms with E-state index < -0.39 is 17.8 Å². The van der Waals surface area contributed by atoms with Crippen molar-refractivity contribution in [3.05, 3.63) is 78.1 Å². The number of halogens is 1. The number of nitrogens with two attached hydrogens (primary N) is 1. The van der Waals surface area contributed by atoms with E-state index in [4.69, 9.17) is 5.73 Å². The Morgan fingerprint density at radius 2 is 1.81 bits per heavy atom. The van der Waals surface area contributed by atoms with E-state index in [1.807, 2.05) is 48.5 Å². The van der Waals surface area contributed by atoms with Gasteiger partial charge < -0.3 is 16.2 Å². The Kier molecular flexibility index (Phi) is 5.44. The molecule has 0 radical (unpaired) electrons. The van der Waals surface area contributed by atoms with E-state index in [0.717, 1.165) is 11.1 Å². The summed E-state index contributed by atoms with van der Waals surface area (Å²) in [4.78, 5) is 16.0. The number of hydrogen-bond acceptors (Lipinski definition) is 5. The maximum absolute atomic E-state index is 13.9. The van der Waals surface area contributed by atoms with Gasteiger partial charge in [-0.2, -0.15) is 5.26 Å². The summed E-state index contributed by atoms with van der Waals surface area (Å²) in [5.41, 5.74) is 10.4. The number of pyridine rings is 1. The normalized spacial score (nSPS) is 11.7. The highest BCUT2D eigenvalue weighted by atomic mass is 19.1. The zero-order chi connectivity index (χ0) is 22.8. The first kappa shape index (κ1) is 20.8. The van der Waals surface area contributed by atoms with Crippen molar-refractivity contribution in [1.82, 2.24) is 4.98 Å². The molecule has 0 aliphatic carbocycles. The standard InChI is InChI=1S/C25H19FN4O2/c1-14(25(31)32)29-24-19-12-17(26)10-11-22(19)30-23(20(24)13-27)16-8-6-15(7-9-16)18-4-2-3-5-21(18)28/h2-12,14H,28H2,1H3,(H,29,30)(H,31,32). The number of anilines is 2. The molecule has 0 aliphatic rings. The zero-order valence-corrected chi connectivity index (χ0v) is 17.1. The minimum atomic E-state index is -1.10. The molecule has 4 N–H and O–H groups in total. The molecule has 1 aromatic heterocycles. The Bertz CT molecular complexity index is 1380. The van der Waals surface area contributed by atoms with Crippen LogP contribution in [0.15, 0.2) is 66.7 Å². The molecule has 0 fully saturated rings. The number of para-hydroxylation sites is 1. The first-order valence-electron chi connectivity index (χ1n) is 9.87. The van der Waals surface area contributed by atoms with Gasteiger partial charge >= 0.3 is 5.97 Å². The second-order valence-corrected chi connectivity index (χ2v) is 7.35. The Balaban J connectivity index is 1.89. The number of nitrogens with zero attached hydrogens (tertiary/aromatic N) is 2. The highest BCUT2D eigenvalue weighted by Gasteiger charge is 2.21. The molecular weight excluding hydrogens is 407 g/mol. The Labute approximate surface area is 183 Å². The number of hydrogen-bond donors (Lipinski definition) is 3. The first-order valence-corrected chi connectivity index (χ1v) is 9.87. The van der Waals surface area contributed by atoms with E-state index >= 15 is 0 Å². The number of carboxylic acids is 1.